The number of rotatable bonds is 5. The summed E-state index contributed by atoms with van der Waals surface area (Å²) < 4.78 is 0. The third-order valence-electron chi connectivity index (χ3n) is 4.40. The highest BCUT2D eigenvalue weighted by Crippen LogP contribution is 2.22. The first-order chi connectivity index (χ1) is 10.8. The maximum absolute atomic E-state index is 9.36. The van der Waals surface area contributed by atoms with Crippen molar-refractivity contribution in [2.45, 2.75) is 25.3 Å². The SMILES string of the molecule is Oc1ccc(N2CCC(NCCc3ccccc3)CC2)cc1. The summed E-state index contributed by atoms with van der Waals surface area (Å²) in [6, 6.07) is 18.8. The minimum atomic E-state index is 0.334. The number of hydrogen-bond acceptors (Lipinski definition) is 3. The Morgan fingerprint density at radius 1 is 0.955 bits per heavy atom. The molecule has 3 rings (SSSR count). The molecule has 0 bridgehead atoms. The summed E-state index contributed by atoms with van der Waals surface area (Å²) in [6.07, 6.45) is 3.45. The highest BCUT2D eigenvalue weighted by molar-refractivity contribution is 5.49. The fourth-order valence-electron chi connectivity index (χ4n) is 3.07. The normalized spacial score (nSPS) is 15.9. The Kier molecular flexibility index (Phi) is 4.96. The molecule has 3 heteroatoms. The fraction of sp³-hybridized carbons (Fsp3) is 0.368. The van der Waals surface area contributed by atoms with Crippen LogP contribution < -0.4 is 10.2 Å². The standard InChI is InChI=1S/C19H24N2O/c22-19-8-6-18(7-9-19)21-14-11-17(12-15-21)20-13-10-16-4-2-1-3-5-16/h1-9,17,20,22H,10-15H2. The van der Waals surface area contributed by atoms with Gasteiger partial charge in [0.2, 0.25) is 0 Å². The molecular formula is C19H24N2O. The zero-order chi connectivity index (χ0) is 15.2. The first-order valence-electron chi connectivity index (χ1n) is 8.12. The Hall–Kier alpha value is -2.00. The number of phenols is 1. The Morgan fingerprint density at radius 3 is 2.32 bits per heavy atom. The van der Waals surface area contributed by atoms with E-state index in [-0.39, 0.29) is 0 Å². The number of phenolic OH excluding ortho intramolecular Hbond substituents is 1. The second-order valence-electron chi connectivity index (χ2n) is 5.97. The topological polar surface area (TPSA) is 35.5 Å². The lowest BCUT2D eigenvalue weighted by Gasteiger charge is -2.34. The molecule has 0 saturated carbocycles. The zero-order valence-corrected chi connectivity index (χ0v) is 12.9. The monoisotopic (exact) mass is 296 g/mol. The maximum Gasteiger partial charge on any atom is 0.115 e. The van der Waals surface area contributed by atoms with Crippen molar-refractivity contribution in [3.63, 3.8) is 0 Å². The molecule has 2 aromatic carbocycles. The molecule has 22 heavy (non-hydrogen) atoms. The van der Waals surface area contributed by atoms with Crippen LogP contribution in [0, 0.1) is 0 Å². The molecular weight excluding hydrogens is 272 g/mol. The smallest absolute Gasteiger partial charge is 0.115 e. The van der Waals surface area contributed by atoms with Gasteiger partial charge in [-0.2, -0.15) is 0 Å². The lowest BCUT2D eigenvalue weighted by Crippen LogP contribution is -2.43. The fourth-order valence-corrected chi connectivity index (χ4v) is 3.07. The summed E-state index contributed by atoms with van der Waals surface area (Å²) in [4.78, 5) is 2.40. The van der Waals surface area contributed by atoms with Crippen LogP contribution in [0.15, 0.2) is 54.6 Å². The molecule has 1 heterocycles. The summed E-state index contributed by atoms with van der Waals surface area (Å²) >= 11 is 0. The summed E-state index contributed by atoms with van der Waals surface area (Å²) in [5.41, 5.74) is 2.61. The van der Waals surface area contributed by atoms with Gasteiger partial charge in [0.25, 0.3) is 0 Å². The lowest BCUT2D eigenvalue weighted by molar-refractivity contribution is 0.417. The van der Waals surface area contributed by atoms with E-state index in [1.165, 1.54) is 24.1 Å². The van der Waals surface area contributed by atoms with Gasteiger partial charge in [-0.3, -0.25) is 0 Å². The van der Waals surface area contributed by atoms with Gasteiger partial charge >= 0.3 is 0 Å². The van der Waals surface area contributed by atoms with Crippen molar-refractivity contribution in [2.75, 3.05) is 24.5 Å². The quantitative estimate of drug-likeness (QED) is 0.889. The van der Waals surface area contributed by atoms with Crippen molar-refractivity contribution in [2.24, 2.45) is 0 Å². The van der Waals surface area contributed by atoms with Crippen LogP contribution in [0.2, 0.25) is 0 Å². The van der Waals surface area contributed by atoms with E-state index in [1.807, 2.05) is 12.1 Å². The van der Waals surface area contributed by atoms with Crippen LogP contribution in [0.3, 0.4) is 0 Å². The number of nitrogens with one attached hydrogen (secondary N) is 1. The number of anilines is 1. The average Bonchev–Trinajstić information content (AvgIpc) is 2.57. The van der Waals surface area contributed by atoms with Crippen LogP contribution in [0.4, 0.5) is 5.69 Å². The van der Waals surface area contributed by atoms with Crippen molar-refractivity contribution in [3.05, 3.63) is 60.2 Å². The van der Waals surface area contributed by atoms with Gasteiger partial charge in [0.05, 0.1) is 0 Å². The summed E-state index contributed by atoms with van der Waals surface area (Å²) in [5, 5.41) is 13.0. The van der Waals surface area contributed by atoms with Gasteiger partial charge in [0, 0.05) is 24.8 Å². The van der Waals surface area contributed by atoms with Gasteiger partial charge in [0.15, 0.2) is 0 Å². The molecule has 0 aromatic heterocycles. The van der Waals surface area contributed by atoms with E-state index < -0.39 is 0 Å². The number of piperidine rings is 1. The van der Waals surface area contributed by atoms with Crippen molar-refractivity contribution >= 4 is 5.69 Å². The second-order valence-corrected chi connectivity index (χ2v) is 5.97. The highest BCUT2D eigenvalue weighted by Gasteiger charge is 2.18. The van der Waals surface area contributed by atoms with Gasteiger partial charge in [-0.1, -0.05) is 30.3 Å². The van der Waals surface area contributed by atoms with Gasteiger partial charge < -0.3 is 15.3 Å². The Balaban J connectivity index is 1.41. The van der Waals surface area contributed by atoms with E-state index in [2.05, 4.69) is 40.5 Å². The molecule has 0 aliphatic carbocycles. The second kappa shape index (κ2) is 7.32. The van der Waals surface area contributed by atoms with Gasteiger partial charge in [0.1, 0.15) is 5.75 Å². The first-order valence-corrected chi connectivity index (χ1v) is 8.12. The van der Waals surface area contributed by atoms with Crippen LogP contribution in [0.1, 0.15) is 18.4 Å². The van der Waals surface area contributed by atoms with Gasteiger partial charge in [-0.15, -0.1) is 0 Å². The molecule has 1 saturated heterocycles. The molecule has 1 aliphatic rings. The van der Waals surface area contributed by atoms with Gasteiger partial charge in [-0.05, 0) is 55.6 Å². The van der Waals surface area contributed by atoms with Gasteiger partial charge in [-0.25, -0.2) is 0 Å². The van der Waals surface area contributed by atoms with Crippen LogP contribution in [0.25, 0.3) is 0 Å². The van der Waals surface area contributed by atoms with Crippen LogP contribution in [-0.2, 0) is 6.42 Å². The molecule has 0 unspecified atom stereocenters. The zero-order valence-electron chi connectivity index (χ0n) is 12.9. The van der Waals surface area contributed by atoms with E-state index >= 15 is 0 Å². The molecule has 2 aromatic rings. The lowest BCUT2D eigenvalue weighted by atomic mass is 10.0. The molecule has 0 atom stereocenters. The predicted octanol–water partition coefficient (Wildman–Crippen LogP) is 3.19. The van der Waals surface area contributed by atoms with E-state index in [0.717, 1.165) is 26.1 Å². The van der Waals surface area contributed by atoms with Crippen molar-refractivity contribution in [3.8, 4) is 5.75 Å². The first kappa shape index (κ1) is 14.9. The number of hydrogen-bond donors (Lipinski definition) is 2. The van der Waals surface area contributed by atoms with Crippen molar-refractivity contribution in [1.82, 2.24) is 5.32 Å². The largest absolute Gasteiger partial charge is 0.508 e. The van der Waals surface area contributed by atoms with E-state index in [4.69, 9.17) is 0 Å². The molecule has 3 nitrogen and oxygen atoms in total. The van der Waals surface area contributed by atoms with Crippen LogP contribution in [-0.4, -0.2) is 30.8 Å². The molecule has 0 spiro atoms. The Bertz CT molecular complexity index is 560. The molecule has 116 valence electrons. The molecule has 0 radical (unpaired) electrons. The number of benzene rings is 2. The van der Waals surface area contributed by atoms with Crippen LogP contribution >= 0.6 is 0 Å². The number of aromatic hydroxyl groups is 1. The highest BCUT2D eigenvalue weighted by atomic mass is 16.3. The minimum absolute atomic E-state index is 0.334. The van der Waals surface area contributed by atoms with E-state index in [9.17, 15) is 5.11 Å². The van der Waals surface area contributed by atoms with E-state index in [0.29, 0.717) is 11.8 Å². The Morgan fingerprint density at radius 2 is 1.64 bits per heavy atom. The van der Waals surface area contributed by atoms with E-state index in [1.54, 1.807) is 12.1 Å². The summed E-state index contributed by atoms with van der Waals surface area (Å²) in [5.74, 6) is 0.334. The third kappa shape index (κ3) is 4.01. The van der Waals surface area contributed by atoms with Crippen LogP contribution in [0.5, 0.6) is 5.75 Å². The minimum Gasteiger partial charge on any atom is -0.508 e. The Labute approximate surface area is 132 Å². The third-order valence-corrected chi connectivity index (χ3v) is 4.40. The molecule has 2 N–H and O–H groups in total. The predicted molar refractivity (Wildman–Crippen MR) is 91.5 cm³/mol. The molecule has 1 fully saturated rings. The summed E-state index contributed by atoms with van der Waals surface area (Å²) in [7, 11) is 0. The number of nitrogens with zero attached hydrogens (tertiary/aromatic N) is 1. The van der Waals surface area contributed by atoms with Crippen molar-refractivity contribution in [1.29, 1.82) is 0 Å². The summed E-state index contributed by atoms with van der Waals surface area (Å²) in [6.45, 7) is 3.20. The average molecular weight is 296 g/mol. The molecule has 1 aliphatic heterocycles. The maximum atomic E-state index is 9.36. The molecule has 0 amide bonds. The van der Waals surface area contributed by atoms with Crippen molar-refractivity contribution < 1.29 is 5.11 Å².